The van der Waals surface area contributed by atoms with Crippen molar-refractivity contribution in [3.63, 3.8) is 0 Å². The number of aromatic nitrogens is 1. The first-order chi connectivity index (χ1) is 9.84. The van der Waals surface area contributed by atoms with Crippen molar-refractivity contribution < 1.29 is 8.42 Å². The van der Waals surface area contributed by atoms with Crippen LogP contribution in [0.5, 0.6) is 0 Å². The second kappa shape index (κ2) is 5.97. The minimum Gasteiger partial charge on any atom is -0.398 e. The van der Waals surface area contributed by atoms with Crippen molar-refractivity contribution in [2.45, 2.75) is 4.90 Å². The lowest BCUT2D eigenvalue weighted by molar-refractivity contribution is 0.358. The summed E-state index contributed by atoms with van der Waals surface area (Å²) in [5.74, 6) is 0. The number of sulfonamides is 1. The van der Waals surface area contributed by atoms with Gasteiger partial charge in [0.25, 0.3) is 0 Å². The molecule has 0 aliphatic rings. The molecule has 0 saturated heterocycles. The minimum absolute atomic E-state index is 0.188. The van der Waals surface area contributed by atoms with Crippen LogP contribution in [0.25, 0.3) is 10.9 Å². The number of benzene rings is 1. The quantitative estimate of drug-likeness (QED) is 0.834. The van der Waals surface area contributed by atoms with Crippen LogP contribution in [-0.2, 0) is 10.0 Å². The van der Waals surface area contributed by atoms with Crippen LogP contribution in [0, 0.1) is 0 Å². The molecule has 1 aromatic heterocycles. The standard InChI is InChI=1S/C14H20N4O2S/c1-17(2)9-10-18(3)21(19,20)13-7-6-12(15)11-5-4-8-16-14(11)13/h4-8H,9-10,15H2,1-3H3. The summed E-state index contributed by atoms with van der Waals surface area (Å²) in [7, 11) is 1.79. The predicted octanol–water partition coefficient (Wildman–Crippen LogP) is 0.999. The summed E-state index contributed by atoms with van der Waals surface area (Å²) in [6, 6.07) is 6.64. The Morgan fingerprint density at radius 3 is 2.52 bits per heavy atom. The number of pyridine rings is 1. The lowest BCUT2D eigenvalue weighted by Gasteiger charge is -2.20. The highest BCUT2D eigenvalue weighted by Gasteiger charge is 2.24. The van der Waals surface area contributed by atoms with E-state index >= 15 is 0 Å². The molecule has 7 heteroatoms. The van der Waals surface area contributed by atoms with E-state index in [9.17, 15) is 8.42 Å². The van der Waals surface area contributed by atoms with Gasteiger partial charge in [-0.25, -0.2) is 8.42 Å². The Kier molecular flexibility index (Phi) is 4.46. The Morgan fingerprint density at radius 2 is 1.86 bits per heavy atom. The van der Waals surface area contributed by atoms with Gasteiger partial charge in [0.05, 0.1) is 5.52 Å². The van der Waals surface area contributed by atoms with Gasteiger partial charge in [-0.05, 0) is 38.4 Å². The SMILES string of the molecule is CN(C)CCN(C)S(=O)(=O)c1ccc(N)c2cccnc12. The second-order valence-electron chi connectivity index (χ2n) is 5.18. The van der Waals surface area contributed by atoms with Crippen molar-refractivity contribution >= 4 is 26.6 Å². The lowest BCUT2D eigenvalue weighted by Crippen LogP contribution is -2.33. The molecule has 0 amide bonds. The van der Waals surface area contributed by atoms with Gasteiger partial charge in [0.2, 0.25) is 10.0 Å². The van der Waals surface area contributed by atoms with E-state index in [1.54, 1.807) is 31.4 Å². The van der Waals surface area contributed by atoms with Gasteiger partial charge in [-0.3, -0.25) is 4.98 Å². The summed E-state index contributed by atoms with van der Waals surface area (Å²) >= 11 is 0. The van der Waals surface area contributed by atoms with Crippen LogP contribution in [0.3, 0.4) is 0 Å². The number of anilines is 1. The van der Waals surface area contributed by atoms with Crippen molar-refractivity contribution in [2.75, 3.05) is 40.0 Å². The van der Waals surface area contributed by atoms with E-state index in [0.29, 0.717) is 29.7 Å². The van der Waals surface area contributed by atoms with Gasteiger partial charge in [-0.15, -0.1) is 0 Å². The number of hydrogen-bond acceptors (Lipinski definition) is 5. The first-order valence-electron chi connectivity index (χ1n) is 6.58. The van der Waals surface area contributed by atoms with Crippen LogP contribution in [0.4, 0.5) is 5.69 Å². The highest BCUT2D eigenvalue weighted by Crippen LogP contribution is 2.27. The fraction of sp³-hybridized carbons (Fsp3) is 0.357. The van der Waals surface area contributed by atoms with Crippen LogP contribution < -0.4 is 5.73 Å². The summed E-state index contributed by atoms with van der Waals surface area (Å²) in [6.45, 7) is 1.06. The molecule has 0 spiro atoms. The third-order valence-corrected chi connectivity index (χ3v) is 5.21. The molecule has 0 fully saturated rings. The Bertz CT molecular complexity index is 744. The minimum atomic E-state index is -3.59. The van der Waals surface area contributed by atoms with Crippen LogP contribution in [-0.4, -0.2) is 56.8 Å². The molecule has 0 bridgehead atoms. The Hall–Kier alpha value is -1.70. The topological polar surface area (TPSA) is 79.5 Å². The van der Waals surface area contributed by atoms with Crippen molar-refractivity contribution in [3.05, 3.63) is 30.5 Å². The van der Waals surface area contributed by atoms with E-state index < -0.39 is 10.0 Å². The van der Waals surface area contributed by atoms with Crippen molar-refractivity contribution in [2.24, 2.45) is 0 Å². The molecule has 0 saturated carbocycles. The maximum absolute atomic E-state index is 12.7. The average Bonchev–Trinajstić information content (AvgIpc) is 2.45. The fourth-order valence-corrected chi connectivity index (χ4v) is 3.31. The van der Waals surface area contributed by atoms with Crippen molar-refractivity contribution in [1.82, 2.24) is 14.2 Å². The average molecular weight is 308 g/mol. The van der Waals surface area contributed by atoms with Gasteiger partial charge < -0.3 is 10.6 Å². The normalized spacial score (nSPS) is 12.4. The Morgan fingerprint density at radius 1 is 1.14 bits per heavy atom. The van der Waals surface area contributed by atoms with Gasteiger partial charge in [0.1, 0.15) is 4.90 Å². The van der Waals surface area contributed by atoms with E-state index in [-0.39, 0.29) is 4.90 Å². The number of fused-ring (bicyclic) bond motifs is 1. The van der Waals surface area contributed by atoms with E-state index in [1.807, 2.05) is 19.0 Å². The lowest BCUT2D eigenvalue weighted by atomic mass is 10.2. The molecule has 0 atom stereocenters. The number of nitrogens with two attached hydrogens (primary N) is 1. The van der Waals surface area contributed by atoms with E-state index in [1.165, 1.54) is 10.4 Å². The highest BCUT2D eigenvalue weighted by atomic mass is 32.2. The molecule has 2 aromatic rings. The van der Waals surface area contributed by atoms with Crippen molar-refractivity contribution in [3.8, 4) is 0 Å². The second-order valence-corrected chi connectivity index (χ2v) is 7.20. The summed E-state index contributed by atoms with van der Waals surface area (Å²) in [6.07, 6.45) is 1.57. The molecule has 2 N–H and O–H groups in total. The molecule has 1 aromatic carbocycles. The van der Waals surface area contributed by atoms with Crippen LogP contribution in [0.15, 0.2) is 35.4 Å². The predicted molar refractivity (Wildman–Crippen MR) is 84.5 cm³/mol. The fourth-order valence-electron chi connectivity index (χ4n) is 2.01. The van der Waals surface area contributed by atoms with Gasteiger partial charge in [-0.1, -0.05) is 0 Å². The molecule has 2 rings (SSSR count). The van der Waals surface area contributed by atoms with Gasteiger partial charge >= 0.3 is 0 Å². The summed E-state index contributed by atoms with van der Waals surface area (Å²) in [5, 5.41) is 0.652. The molecule has 21 heavy (non-hydrogen) atoms. The smallest absolute Gasteiger partial charge is 0.245 e. The Balaban J connectivity index is 2.48. The number of hydrogen-bond donors (Lipinski definition) is 1. The molecular formula is C14H20N4O2S. The number of likely N-dealkylation sites (N-methyl/N-ethyl adjacent to an activating group) is 2. The van der Waals surface area contributed by atoms with Crippen LogP contribution in [0.1, 0.15) is 0 Å². The summed E-state index contributed by atoms with van der Waals surface area (Å²) in [4.78, 5) is 6.31. The van der Waals surface area contributed by atoms with E-state index in [0.717, 1.165) is 0 Å². The zero-order chi connectivity index (χ0) is 15.6. The van der Waals surface area contributed by atoms with Crippen LogP contribution in [0.2, 0.25) is 0 Å². The van der Waals surface area contributed by atoms with Gasteiger partial charge in [0, 0.05) is 37.4 Å². The maximum Gasteiger partial charge on any atom is 0.245 e. The number of rotatable bonds is 5. The molecule has 0 aliphatic carbocycles. The third-order valence-electron chi connectivity index (χ3n) is 3.32. The highest BCUT2D eigenvalue weighted by molar-refractivity contribution is 7.89. The summed E-state index contributed by atoms with van der Waals surface area (Å²) in [5.41, 5.74) is 6.82. The molecule has 6 nitrogen and oxygen atoms in total. The van der Waals surface area contributed by atoms with E-state index in [2.05, 4.69) is 4.98 Å². The van der Waals surface area contributed by atoms with Crippen LogP contribution >= 0.6 is 0 Å². The molecule has 0 aliphatic heterocycles. The largest absolute Gasteiger partial charge is 0.398 e. The van der Waals surface area contributed by atoms with Gasteiger partial charge in [0.15, 0.2) is 0 Å². The molecule has 114 valence electrons. The Labute approximate surface area is 125 Å². The summed E-state index contributed by atoms with van der Waals surface area (Å²) < 4.78 is 26.7. The molecule has 0 unspecified atom stereocenters. The number of nitrogens with zero attached hydrogens (tertiary/aromatic N) is 3. The number of nitrogen functional groups attached to an aromatic ring is 1. The zero-order valence-electron chi connectivity index (χ0n) is 12.4. The molecule has 0 radical (unpaired) electrons. The molecular weight excluding hydrogens is 288 g/mol. The first-order valence-corrected chi connectivity index (χ1v) is 8.02. The maximum atomic E-state index is 12.7. The molecule has 1 heterocycles. The van der Waals surface area contributed by atoms with E-state index in [4.69, 9.17) is 5.73 Å². The first kappa shape index (κ1) is 15.7. The van der Waals surface area contributed by atoms with Gasteiger partial charge in [-0.2, -0.15) is 4.31 Å². The third kappa shape index (κ3) is 3.15. The van der Waals surface area contributed by atoms with Crippen molar-refractivity contribution in [1.29, 1.82) is 0 Å². The monoisotopic (exact) mass is 308 g/mol. The zero-order valence-corrected chi connectivity index (χ0v) is 13.3.